The van der Waals surface area contributed by atoms with E-state index >= 15 is 0 Å². The number of alkyl halides is 2. The Morgan fingerprint density at radius 1 is 1.24 bits per heavy atom. The van der Waals surface area contributed by atoms with Crippen LogP contribution in [0.2, 0.25) is 0 Å². The molecule has 2 bridgehead atoms. The molecule has 0 radical (unpaired) electrons. The fourth-order valence-corrected chi connectivity index (χ4v) is 6.26. The third-order valence-corrected chi connectivity index (χ3v) is 8.96. The molecule has 1 heterocycles. The average molecular weight is 504 g/mol. The Hall–Kier alpha value is -1.00. The second-order valence-electron chi connectivity index (χ2n) is 11.1. The number of nitrogens with one attached hydrogen (secondary N) is 3. The van der Waals surface area contributed by atoms with Crippen LogP contribution in [-0.4, -0.2) is 71.5 Å². The molecule has 194 valence electrons. The number of hydrogen-bond donors (Lipinski definition) is 4. The topological polar surface area (TPSA) is 109 Å². The third kappa shape index (κ3) is 5.53. The lowest BCUT2D eigenvalue weighted by atomic mass is 9.55. The second kappa shape index (κ2) is 10.5. The highest BCUT2D eigenvalue weighted by atomic mass is 35.5. The fraction of sp³-hybridized carbons (Fsp3) is 0.917. The van der Waals surface area contributed by atoms with Crippen LogP contribution in [-0.2, 0) is 19.2 Å². The molecule has 8 nitrogen and oxygen atoms in total. The number of hydrogen-bond acceptors (Lipinski definition) is 6. The van der Waals surface area contributed by atoms with Crippen molar-refractivity contribution < 1.29 is 28.7 Å². The molecule has 5 fully saturated rings. The molecule has 34 heavy (non-hydrogen) atoms. The van der Waals surface area contributed by atoms with Crippen LogP contribution in [0.1, 0.15) is 71.6 Å². The summed E-state index contributed by atoms with van der Waals surface area (Å²) in [6, 6.07) is 0.275. The molecule has 1 saturated heterocycles. The molecular formula is C24H39ClFN3O5. The molecule has 4 saturated carbocycles. The van der Waals surface area contributed by atoms with E-state index in [1.165, 1.54) is 0 Å². The van der Waals surface area contributed by atoms with Crippen LogP contribution < -0.4 is 16.1 Å². The van der Waals surface area contributed by atoms with Gasteiger partial charge in [0.2, 0.25) is 11.8 Å². The molecule has 10 heteroatoms. The van der Waals surface area contributed by atoms with Crippen LogP contribution in [0.15, 0.2) is 0 Å². The van der Waals surface area contributed by atoms with E-state index in [9.17, 15) is 19.1 Å². The van der Waals surface area contributed by atoms with Gasteiger partial charge in [0.1, 0.15) is 12.8 Å². The van der Waals surface area contributed by atoms with E-state index in [0.29, 0.717) is 57.4 Å². The molecule has 6 atom stereocenters. The molecule has 5 aliphatic rings. The molecule has 4 aliphatic carbocycles. The van der Waals surface area contributed by atoms with Gasteiger partial charge >= 0.3 is 0 Å². The number of aliphatic hydroxyl groups is 1. The minimum atomic E-state index is -1.11. The monoisotopic (exact) mass is 503 g/mol. The number of carbonyl (C=O) groups excluding carboxylic acids is 2. The number of amides is 2. The van der Waals surface area contributed by atoms with Gasteiger partial charge in [0.15, 0.2) is 0 Å². The van der Waals surface area contributed by atoms with Crippen LogP contribution in [0, 0.1) is 11.3 Å². The summed E-state index contributed by atoms with van der Waals surface area (Å²) in [7, 11) is 0. The number of hydroxylamine groups is 1. The normalized spacial score (nSPS) is 42.1. The lowest BCUT2D eigenvalue weighted by Crippen LogP contribution is -2.66. The highest BCUT2D eigenvalue weighted by molar-refractivity contribution is 6.21. The van der Waals surface area contributed by atoms with E-state index in [1.807, 2.05) is 0 Å². The fourth-order valence-electron chi connectivity index (χ4n) is 6.03. The molecule has 2 amide bonds. The molecule has 4 N–H and O–H groups in total. The number of aliphatic hydroxyl groups excluding tert-OH is 1. The summed E-state index contributed by atoms with van der Waals surface area (Å²) in [4.78, 5) is 31.3. The smallest absolute Gasteiger partial charge is 0.246 e. The summed E-state index contributed by atoms with van der Waals surface area (Å²) < 4.78 is 19.4. The largest absolute Gasteiger partial charge is 0.392 e. The SMILES string of the molecule is CC(C)C1CC(CNC(=O)C23CCC(NC(=O)COC4CCC(Cl)C(F)C4)(CC2)CC3O)ON1. The van der Waals surface area contributed by atoms with E-state index in [4.69, 9.17) is 21.2 Å². The summed E-state index contributed by atoms with van der Waals surface area (Å²) in [5.41, 5.74) is 1.69. The van der Waals surface area contributed by atoms with Gasteiger partial charge in [0, 0.05) is 24.5 Å². The van der Waals surface area contributed by atoms with Crippen molar-refractivity contribution in [3.8, 4) is 0 Å². The standard InChI is InChI=1S/C24H39ClFN3O5/c1-14(2)19-10-16(34-29-19)12-27-22(32)24-7-5-23(6-8-24,11-20(24)30)28-21(31)13-33-15-3-4-17(25)18(26)9-15/h14-20,29-30H,3-13H2,1-2H3,(H,27,32)(H,28,31). The van der Waals surface area contributed by atoms with E-state index < -0.39 is 28.6 Å². The number of fused-ring (bicyclic) bond motifs is 3. The highest BCUT2D eigenvalue weighted by Crippen LogP contribution is 2.52. The maximum absolute atomic E-state index is 13.8. The first-order valence-electron chi connectivity index (χ1n) is 12.7. The lowest BCUT2D eigenvalue weighted by molar-refractivity contribution is -0.157. The van der Waals surface area contributed by atoms with Crippen molar-refractivity contribution in [2.75, 3.05) is 13.2 Å². The number of carbonyl (C=O) groups is 2. The van der Waals surface area contributed by atoms with Crippen molar-refractivity contribution in [1.82, 2.24) is 16.1 Å². The molecule has 6 unspecified atom stereocenters. The minimum absolute atomic E-state index is 0.0809. The Kier molecular flexibility index (Phi) is 8.09. The van der Waals surface area contributed by atoms with Crippen LogP contribution in [0.5, 0.6) is 0 Å². The van der Waals surface area contributed by atoms with Crippen molar-refractivity contribution in [3.63, 3.8) is 0 Å². The quantitative estimate of drug-likeness (QED) is 0.378. The lowest BCUT2D eigenvalue weighted by Gasteiger charge is -2.55. The van der Waals surface area contributed by atoms with E-state index in [-0.39, 0.29) is 43.1 Å². The van der Waals surface area contributed by atoms with Gasteiger partial charge in [0.05, 0.1) is 29.1 Å². The Bertz CT molecular complexity index is 748. The first kappa shape index (κ1) is 26.1. The van der Waals surface area contributed by atoms with Gasteiger partial charge in [-0.3, -0.25) is 14.4 Å². The highest BCUT2D eigenvalue weighted by Gasteiger charge is 2.58. The number of halogens is 2. The average Bonchev–Trinajstić information content (AvgIpc) is 3.28. The molecular weight excluding hydrogens is 465 g/mol. The van der Waals surface area contributed by atoms with Gasteiger partial charge in [-0.1, -0.05) is 13.8 Å². The van der Waals surface area contributed by atoms with Crippen molar-refractivity contribution in [2.24, 2.45) is 11.3 Å². The first-order chi connectivity index (χ1) is 16.1. The third-order valence-electron chi connectivity index (χ3n) is 8.47. The minimum Gasteiger partial charge on any atom is -0.392 e. The van der Waals surface area contributed by atoms with Crippen molar-refractivity contribution in [3.05, 3.63) is 0 Å². The zero-order valence-electron chi connectivity index (χ0n) is 20.2. The van der Waals surface area contributed by atoms with Gasteiger partial charge in [-0.15, -0.1) is 11.6 Å². The van der Waals surface area contributed by atoms with Crippen molar-refractivity contribution in [2.45, 2.75) is 113 Å². The van der Waals surface area contributed by atoms with E-state index in [2.05, 4.69) is 30.0 Å². The van der Waals surface area contributed by atoms with Gasteiger partial charge in [-0.25, -0.2) is 4.39 Å². The summed E-state index contributed by atoms with van der Waals surface area (Å²) in [5, 5.41) is 16.5. The predicted octanol–water partition coefficient (Wildman–Crippen LogP) is 2.12. The van der Waals surface area contributed by atoms with Gasteiger partial charge in [-0.2, -0.15) is 5.48 Å². The Morgan fingerprint density at radius 3 is 2.59 bits per heavy atom. The zero-order chi connectivity index (χ0) is 24.5. The molecule has 0 spiro atoms. The van der Waals surface area contributed by atoms with Crippen LogP contribution >= 0.6 is 11.6 Å². The van der Waals surface area contributed by atoms with Crippen molar-refractivity contribution in [1.29, 1.82) is 0 Å². The molecule has 5 rings (SSSR count). The predicted molar refractivity (Wildman–Crippen MR) is 125 cm³/mol. The maximum Gasteiger partial charge on any atom is 0.246 e. The molecule has 0 aromatic carbocycles. The summed E-state index contributed by atoms with van der Waals surface area (Å²) in [6.07, 6.45) is 2.54. The zero-order valence-corrected chi connectivity index (χ0v) is 20.9. The Balaban J connectivity index is 1.23. The van der Waals surface area contributed by atoms with Gasteiger partial charge in [0.25, 0.3) is 0 Å². The van der Waals surface area contributed by atoms with Crippen LogP contribution in [0.3, 0.4) is 0 Å². The van der Waals surface area contributed by atoms with E-state index in [1.54, 1.807) is 0 Å². The molecule has 1 aliphatic heterocycles. The number of ether oxygens (including phenoxy) is 1. The Labute approximate surface area is 206 Å². The summed E-state index contributed by atoms with van der Waals surface area (Å²) in [6.45, 7) is 4.53. The van der Waals surface area contributed by atoms with Gasteiger partial charge in [-0.05, 0) is 57.3 Å². The summed E-state index contributed by atoms with van der Waals surface area (Å²) in [5.74, 6) is 0.0584. The summed E-state index contributed by atoms with van der Waals surface area (Å²) >= 11 is 5.91. The maximum atomic E-state index is 13.8. The first-order valence-corrected chi connectivity index (χ1v) is 13.1. The van der Waals surface area contributed by atoms with Gasteiger partial charge < -0.3 is 20.5 Å². The molecule has 0 aromatic heterocycles. The number of rotatable bonds is 8. The Morgan fingerprint density at radius 2 is 1.97 bits per heavy atom. The molecule has 0 aromatic rings. The second-order valence-corrected chi connectivity index (χ2v) is 11.7. The van der Waals surface area contributed by atoms with Crippen LogP contribution in [0.4, 0.5) is 4.39 Å². The van der Waals surface area contributed by atoms with E-state index in [0.717, 1.165) is 6.42 Å². The van der Waals surface area contributed by atoms with Crippen LogP contribution in [0.25, 0.3) is 0 Å². The van der Waals surface area contributed by atoms with Crippen molar-refractivity contribution >= 4 is 23.4 Å².